The van der Waals surface area contributed by atoms with Crippen molar-refractivity contribution in [3.63, 3.8) is 0 Å². The maximum atomic E-state index is 11.1. The summed E-state index contributed by atoms with van der Waals surface area (Å²) < 4.78 is 0. The van der Waals surface area contributed by atoms with Crippen LogP contribution in [0.4, 0.5) is 0 Å². The highest BCUT2D eigenvalue weighted by atomic mass is 16.4. The number of nitrogens with one attached hydrogen (secondary N) is 1. The fourth-order valence-corrected chi connectivity index (χ4v) is 2.33. The molecule has 0 saturated carbocycles. The maximum Gasteiger partial charge on any atom is 0.216 e. The number of carboxylic acids is 1. The zero-order valence-corrected chi connectivity index (χ0v) is 13.1. The smallest absolute Gasteiger partial charge is 0.216 e. The molecule has 1 atom stereocenters. The molecule has 0 aromatic heterocycles. The Bertz CT molecular complexity index is 266. The lowest BCUT2D eigenvalue weighted by molar-refractivity contribution is -0.312. The van der Waals surface area contributed by atoms with Crippen molar-refractivity contribution in [1.29, 1.82) is 0 Å². The third kappa shape index (κ3) is 12.0. The number of hydrogen-bond donors (Lipinski definition) is 1. The zero-order chi connectivity index (χ0) is 15.2. The van der Waals surface area contributed by atoms with E-state index in [1.165, 1.54) is 26.2 Å². The van der Waals surface area contributed by atoms with Crippen LogP contribution in [0.2, 0.25) is 0 Å². The molecule has 4 nitrogen and oxygen atoms in total. The molecule has 0 fully saturated rings. The van der Waals surface area contributed by atoms with Crippen LogP contribution < -0.4 is 10.4 Å². The summed E-state index contributed by atoms with van der Waals surface area (Å²) in [5.41, 5.74) is 0. The lowest BCUT2D eigenvalue weighted by Crippen LogP contribution is -2.31. The van der Waals surface area contributed by atoms with Crippen molar-refractivity contribution >= 4 is 11.9 Å². The Balaban J connectivity index is 3.59. The van der Waals surface area contributed by atoms with Gasteiger partial charge in [0.15, 0.2) is 0 Å². The molecule has 1 N–H and O–H groups in total. The number of carbonyl (C=O) groups excluding carboxylic acids is 2. The van der Waals surface area contributed by atoms with Crippen LogP contribution in [0.25, 0.3) is 0 Å². The van der Waals surface area contributed by atoms with Crippen LogP contribution in [0.5, 0.6) is 0 Å². The first-order valence-electron chi connectivity index (χ1n) is 8.03. The Labute approximate surface area is 123 Å². The lowest BCUT2D eigenvalue weighted by Gasteiger charge is -2.17. The number of aliphatic carboxylic acids is 1. The number of carboxylic acid groups (broad SMARTS) is 1. The molecule has 0 saturated heterocycles. The molecule has 1 amide bonds. The van der Waals surface area contributed by atoms with Gasteiger partial charge in [-0.05, 0) is 25.2 Å². The first-order valence-corrected chi connectivity index (χ1v) is 8.03. The van der Waals surface area contributed by atoms with E-state index in [0.29, 0.717) is 13.0 Å². The highest BCUT2D eigenvalue weighted by molar-refractivity contribution is 5.72. The maximum absolute atomic E-state index is 11.1. The van der Waals surface area contributed by atoms with Crippen molar-refractivity contribution in [2.24, 2.45) is 5.92 Å². The first kappa shape index (κ1) is 18.9. The second kappa shape index (κ2) is 12.9. The Kier molecular flexibility index (Phi) is 12.3. The van der Waals surface area contributed by atoms with E-state index in [4.69, 9.17) is 0 Å². The highest BCUT2D eigenvalue weighted by Gasteiger charge is 2.09. The van der Waals surface area contributed by atoms with E-state index in [-0.39, 0.29) is 11.8 Å². The minimum absolute atomic E-state index is 0.00954. The average molecular weight is 284 g/mol. The van der Waals surface area contributed by atoms with E-state index in [1.54, 1.807) is 0 Å². The summed E-state index contributed by atoms with van der Waals surface area (Å²) in [4.78, 5) is 21.7. The second-order valence-electron chi connectivity index (χ2n) is 5.55. The molecular formula is C16H30NO3-. The average Bonchev–Trinajstić information content (AvgIpc) is 2.39. The van der Waals surface area contributed by atoms with Crippen LogP contribution in [0, 0.1) is 5.92 Å². The molecule has 0 heterocycles. The van der Waals surface area contributed by atoms with Gasteiger partial charge in [-0.25, -0.2) is 0 Å². The van der Waals surface area contributed by atoms with E-state index >= 15 is 0 Å². The van der Waals surface area contributed by atoms with Crippen molar-refractivity contribution in [3.05, 3.63) is 0 Å². The van der Waals surface area contributed by atoms with Gasteiger partial charge in [-0.1, -0.05) is 51.9 Å². The second-order valence-corrected chi connectivity index (χ2v) is 5.55. The molecule has 0 aliphatic rings. The summed E-state index contributed by atoms with van der Waals surface area (Å²) >= 11 is 0. The van der Waals surface area contributed by atoms with Gasteiger partial charge in [0.05, 0.1) is 0 Å². The molecule has 0 bridgehead atoms. The van der Waals surface area contributed by atoms with Gasteiger partial charge in [0, 0.05) is 19.4 Å². The number of amides is 1. The SMILES string of the molecule is CCCCCCCC(CCCCCNC(C)=O)C(=O)[O-]. The van der Waals surface area contributed by atoms with Gasteiger partial charge in [-0.3, -0.25) is 4.79 Å². The topological polar surface area (TPSA) is 69.2 Å². The Hall–Kier alpha value is -1.06. The summed E-state index contributed by atoms with van der Waals surface area (Å²) in [7, 11) is 0. The van der Waals surface area contributed by atoms with Crippen LogP contribution in [0.3, 0.4) is 0 Å². The summed E-state index contributed by atoms with van der Waals surface area (Å²) in [6.07, 6.45) is 9.98. The summed E-state index contributed by atoms with van der Waals surface area (Å²) in [6.45, 7) is 4.36. The quantitative estimate of drug-likeness (QED) is 0.528. The molecule has 0 aliphatic heterocycles. The van der Waals surface area contributed by atoms with Gasteiger partial charge in [0.25, 0.3) is 0 Å². The van der Waals surface area contributed by atoms with Crippen LogP contribution in [-0.4, -0.2) is 18.4 Å². The van der Waals surface area contributed by atoms with Gasteiger partial charge in [0.2, 0.25) is 5.91 Å². The molecule has 0 radical (unpaired) electrons. The predicted molar refractivity (Wildman–Crippen MR) is 79.0 cm³/mol. The van der Waals surface area contributed by atoms with Crippen molar-refractivity contribution in [1.82, 2.24) is 5.32 Å². The standard InChI is InChI=1S/C16H31NO3/c1-3-4-5-6-8-11-15(16(19)20)12-9-7-10-13-17-14(2)18/h15H,3-13H2,1-2H3,(H,17,18)(H,19,20)/p-1. The Morgan fingerprint density at radius 1 is 0.950 bits per heavy atom. The zero-order valence-electron chi connectivity index (χ0n) is 13.1. The van der Waals surface area contributed by atoms with Gasteiger partial charge in [-0.2, -0.15) is 0 Å². The molecule has 0 spiro atoms. The van der Waals surface area contributed by atoms with Gasteiger partial charge in [0.1, 0.15) is 0 Å². The van der Waals surface area contributed by atoms with Crippen molar-refractivity contribution < 1.29 is 14.7 Å². The van der Waals surface area contributed by atoms with E-state index in [2.05, 4.69) is 12.2 Å². The monoisotopic (exact) mass is 284 g/mol. The summed E-state index contributed by atoms with van der Waals surface area (Å²) in [5, 5.41) is 13.8. The molecule has 118 valence electrons. The number of unbranched alkanes of at least 4 members (excludes halogenated alkanes) is 6. The van der Waals surface area contributed by atoms with Crippen molar-refractivity contribution in [2.45, 2.75) is 78.1 Å². The van der Waals surface area contributed by atoms with E-state index in [1.807, 2.05) is 0 Å². The third-order valence-electron chi connectivity index (χ3n) is 3.59. The van der Waals surface area contributed by atoms with Gasteiger partial charge >= 0.3 is 0 Å². The van der Waals surface area contributed by atoms with E-state index < -0.39 is 5.97 Å². The predicted octanol–water partition coefficient (Wildman–Crippen LogP) is 2.41. The molecule has 4 heteroatoms. The van der Waals surface area contributed by atoms with Crippen LogP contribution in [0.15, 0.2) is 0 Å². The molecule has 0 rings (SSSR count). The minimum atomic E-state index is -0.901. The van der Waals surface area contributed by atoms with Gasteiger partial charge in [-0.15, -0.1) is 0 Å². The molecule has 0 aromatic rings. The van der Waals surface area contributed by atoms with Crippen LogP contribution in [-0.2, 0) is 9.59 Å². The first-order chi connectivity index (χ1) is 9.57. The molecular weight excluding hydrogens is 254 g/mol. The fourth-order valence-electron chi connectivity index (χ4n) is 2.33. The van der Waals surface area contributed by atoms with E-state index in [9.17, 15) is 14.7 Å². The van der Waals surface area contributed by atoms with Crippen molar-refractivity contribution in [3.8, 4) is 0 Å². The summed E-state index contributed by atoms with van der Waals surface area (Å²) in [5.74, 6) is -1.20. The Morgan fingerprint density at radius 3 is 2.00 bits per heavy atom. The highest BCUT2D eigenvalue weighted by Crippen LogP contribution is 2.17. The summed E-state index contributed by atoms with van der Waals surface area (Å²) in [6, 6.07) is 0. The fraction of sp³-hybridized carbons (Fsp3) is 0.875. The Morgan fingerprint density at radius 2 is 1.50 bits per heavy atom. The molecule has 0 aliphatic carbocycles. The molecule has 0 aromatic carbocycles. The van der Waals surface area contributed by atoms with E-state index in [0.717, 1.165) is 38.5 Å². The van der Waals surface area contributed by atoms with Crippen LogP contribution >= 0.6 is 0 Å². The van der Waals surface area contributed by atoms with Gasteiger partial charge < -0.3 is 15.2 Å². The normalized spacial score (nSPS) is 12.1. The van der Waals surface area contributed by atoms with Crippen molar-refractivity contribution in [2.75, 3.05) is 6.54 Å². The lowest BCUT2D eigenvalue weighted by atomic mass is 9.95. The number of rotatable bonds is 13. The number of carbonyl (C=O) groups is 2. The number of hydrogen-bond acceptors (Lipinski definition) is 3. The minimum Gasteiger partial charge on any atom is -0.550 e. The third-order valence-corrected chi connectivity index (χ3v) is 3.59. The molecule has 20 heavy (non-hydrogen) atoms. The molecule has 1 unspecified atom stereocenters. The van der Waals surface area contributed by atoms with Crippen LogP contribution in [0.1, 0.15) is 78.1 Å². The largest absolute Gasteiger partial charge is 0.550 e.